The maximum Gasteiger partial charge on any atom is 0.339 e. The zero-order chi connectivity index (χ0) is 17.8. The molecule has 0 radical (unpaired) electrons. The Morgan fingerprint density at radius 1 is 0.958 bits per heavy atom. The highest BCUT2D eigenvalue weighted by atomic mass is 16.6. The number of rotatable bonds is 5. The summed E-state index contributed by atoms with van der Waals surface area (Å²) in [6.07, 6.45) is 1.05. The maximum absolute atomic E-state index is 12.2. The van der Waals surface area contributed by atoms with E-state index >= 15 is 0 Å². The Balaban J connectivity index is 2.12. The van der Waals surface area contributed by atoms with Crippen LogP contribution in [0, 0.1) is 0 Å². The summed E-state index contributed by atoms with van der Waals surface area (Å²) in [4.78, 5) is 23.8. The first-order valence-electron chi connectivity index (χ1n) is 8.08. The molecule has 0 aliphatic carbocycles. The molecule has 0 bridgehead atoms. The van der Waals surface area contributed by atoms with E-state index in [0.717, 1.165) is 5.56 Å². The van der Waals surface area contributed by atoms with Gasteiger partial charge in [-0.1, -0.05) is 63.2 Å². The summed E-state index contributed by atoms with van der Waals surface area (Å²) in [5.41, 5.74) is 1.51. The van der Waals surface area contributed by atoms with E-state index in [9.17, 15) is 9.59 Å². The van der Waals surface area contributed by atoms with Crippen LogP contribution in [-0.2, 0) is 21.4 Å². The Bertz CT molecular complexity index is 696. The summed E-state index contributed by atoms with van der Waals surface area (Å²) in [7, 11) is 0. The van der Waals surface area contributed by atoms with Crippen LogP contribution in [0.2, 0.25) is 0 Å². The van der Waals surface area contributed by atoms with Crippen molar-refractivity contribution < 1.29 is 14.3 Å². The quantitative estimate of drug-likeness (QED) is 0.607. The van der Waals surface area contributed by atoms with Crippen LogP contribution in [0.4, 0.5) is 0 Å². The van der Waals surface area contributed by atoms with Crippen molar-refractivity contribution in [1.29, 1.82) is 0 Å². The summed E-state index contributed by atoms with van der Waals surface area (Å²) in [6.45, 7) is 8.09. The van der Waals surface area contributed by atoms with Crippen LogP contribution < -0.4 is 0 Å². The fourth-order valence-corrected chi connectivity index (χ4v) is 2.47. The minimum absolute atomic E-state index is 0.0757. The number of hydrogen-bond acceptors (Lipinski definition) is 3. The molecule has 0 spiro atoms. The summed E-state index contributed by atoms with van der Waals surface area (Å²) >= 11 is 0. The highest BCUT2D eigenvalue weighted by Crippen LogP contribution is 2.24. The van der Waals surface area contributed by atoms with E-state index in [1.54, 1.807) is 31.2 Å². The smallest absolute Gasteiger partial charge is 0.339 e. The fourth-order valence-electron chi connectivity index (χ4n) is 2.47. The second-order valence-electron chi connectivity index (χ2n) is 7.31. The van der Waals surface area contributed by atoms with Crippen molar-refractivity contribution in [2.45, 2.75) is 45.1 Å². The largest absolute Gasteiger partial charge is 0.448 e. The molecule has 0 aliphatic rings. The number of hydrogen-bond donors (Lipinski definition) is 0. The second kappa shape index (κ2) is 7.00. The van der Waals surface area contributed by atoms with Crippen LogP contribution in [0.25, 0.3) is 0 Å². The molecule has 2 rings (SSSR count). The Hall–Kier alpha value is -2.42. The number of carbonyl (C=O) groups is 2. The first-order chi connectivity index (χ1) is 11.2. The van der Waals surface area contributed by atoms with Crippen molar-refractivity contribution in [3.8, 4) is 0 Å². The molecule has 0 amide bonds. The number of esters is 1. The van der Waals surface area contributed by atoms with Gasteiger partial charge in [0.05, 0.1) is 5.56 Å². The van der Waals surface area contributed by atoms with Gasteiger partial charge in [0.2, 0.25) is 0 Å². The molecule has 0 N–H and O–H groups in total. The normalized spacial score (nSPS) is 13.8. The lowest BCUT2D eigenvalue weighted by Crippen LogP contribution is -2.36. The van der Waals surface area contributed by atoms with E-state index in [0.29, 0.717) is 18.3 Å². The Labute approximate surface area is 143 Å². The summed E-state index contributed by atoms with van der Waals surface area (Å²) in [6, 6.07) is 16.8. The van der Waals surface area contributed by atoms with Crippen molar-refractivity contribution in [2.24, 2.45) is 0 Å². The van der Waals surface area contributed by atoms with Gasteiger partial charge < -0.3 is 4.74 Å². The predicted molar refractivity (Wildman–Crippen MR) is 95.2 cm³/mol. The second-order valence-corrected chi connectivity index (χ2v) is 7.31. The topological polar surface area (TPSA) is 43.4 Å². The SMILES string of the molecule is CC(C)(C)c1ccc(C[C@@](C)(C=O)OC(=O)c2ccccc2)cc1. The molecular formula is C21H24O3. The standard InChI is InChI=1S/C21H24O3/c1-20(2,3)18-12-10-16(11-13-18)14-21(4,15-22)24-19(23)17-8-6-5-7-9-17/h5-13,15H,14H2,1-4H3/t21-/m0/s1. The lowest BCUT2D eigenvalue weighted by Gasteiger charge is -2.24. The molecule has 0 unspecified atom stereocenters. The summed E-state index contributed by atoms with van der Waals surface area (Å²) in [5.74, 6) is -0.489. The number of carbonyl (C=O) groups excluding carboxylic acids is 2. The lowest BCUT2D eigenvalue weighted by atomic mass is 9.86. The molecule has 0 saturated carbocycles. The van der Waals surface area contributed by atoms with Gasteiger partial charge in [-0.05, 0) is 35.6 Å². The van der Waals surface area contributed by atoms with Gasteiger partial charge in [-0.2, -0.15) is 0 Å². The monoisotopic (exact) mass is 324 g/mol. The lowest BCUT2D eigenvalue weighted by molar-refractivity contribution is -0.123. The minimum atomic E-state index is -1.18. The Morgan fingerprint density at radius 2 is 1.54 bits per heavy atom. The van der Waals surface area contributed by atoms with Crippen LogP contribution in [0.3, 0.4) is 0 Å². The van der Waals surface area contributed by atoms with Crippen LogP contribution >= 0.6 is 0 Å². The highest BCUT2D eigenvalue weighted by molar-refractivity contribution is 5.90. The van der Waals surface area contributed by atoms with Crippen LogP contribution in [-0.4, -0.2) is 17.9 Å². The molecule has 1 atom stereocenters. The van der Waals surface area contributed by atoms with Crippen LogP contribution in [0.5, 0.6) is 0 Å². The Morgan fingerprint density at radius 3 is 2.04 bits per heavy atom. The van der Waals surface area contributed by atoms with E-state index in [1.807, 2.05) is 18.2 Å². The van der Waals surface area contributed by atoms with E-state index in [1.165, 1.54) is 5.56 Å². The van der Waals surface area contributed by atoms with Crippen molar-refractivity contribution in [3.05, 3.63) is 71.3 Å². The molecule has 24 heavy (non-hydrogen) atoms. The molecule has 126 valence electrons. The van der Waals surface area contributed by atoms with Crippen molar-refractivity contribution >= 4 is 12.3 Å². The third-order valence-corrected chi connectivity index (χ3v) is 3.96. The van der Waals surface area contributed by atoms with E-state index in [-0.39, 0.29) is 5.41 Å². The number of ether oxygens (including phenoxy) is 1. The van der Waals surface area contributed by atoms with Crippen molar-refractivity contribution in [3.63, 3.8) is 0 Å². The van der Waals surface area contributed by atoms with Gasteiger partial charge in [0, 0.05) is 6.42 Å². The zero-order valence-electron chi connectivity index (χ0n) is 14.7. The first-order valence-corrected chi connectivity index (χ1v) is 8.08. The molecule has 0 aliphatic heterocycles. The van der Waals surface area contributed by atoms with Gasteiger partial charge in [-0.15, -0.1) is 0 Å². The third-order valence-electron chi connectivity index (χ3n) is 3.96. The molecule has 0 heterocycles. The van der Waals surface area contributed by atoms with E-state index in [2.05, 4.69) is 32.9 Å². The fraction of sp³-hybridized carbons (Fsp3) is 0.333. The average Bonchev–Trinajstić information content (AvgIpc) is 2.55. The molecule has 3 nitrogen and oxygen atoms in total. The molecule has 0 saturated heterocycles. The minimum Gasteiger partial charge on any atom is -0.448 e. The van der Waals surface area contributed by atoms with Crippen molar-refractivity contribution in [2.75, 3.05) is 0 Å². The molecule has 0 fully saturated rings. The zero-order valence-corrected chi connectivity index (χ0v) is 14.7. The van der Waals surface area contributed by atoms with Crippen molar-refractivity contribution in [1.82, 2.24) is 0 Å². The highest BCUT2D eigenvalue weighted by Gasteiger charge is 2.29. The van der Waals surface area contributed by atoms with Gasteiger partial charge in [0.15, 0.2) is 11.9 Å². The molecular weight excluding hydrogens is 300 g/mol. The van der Waals surface area contributed by atoms with E-state index in [4.69, 9.17) is 4.74 Å². The van der Waals surface area contributed by atoms with Gasteiger partial charge in [-0.3, -0.25) is 4.79 Å². The first kappa shape index (κ1) is 17.9. The molecule has 2 aromatic carbocycles. The van der Waals surface area contributed by atoms with Gasteiger partial charge in [-0.25, -0.2) is 4.79 Å². The Kier molecular flexibility index (Phi) is 5.23. The van der Waals surface area contributed by atoms with Crippen LogP contribution in [0.15, 0.2) is 54.6 Å². The summed E-state index contributed by atoms with van der Waals surface area (Å²) in [5, 5.41) is 0. The maximum atomic E-state index is 12.2. The number of aldehydes is 1. The molecule has 0 aromatic heterocycles. The summed E-state index contributed by atoms with van der Waals surface area (Å²) < 4.78 is 5.47. The van der Waals surface area contributed by atoms with Gasteiger partial charge in [0.1, 0.15) is 0 Å². The van der Waals surface area contributed by atoms with Gasteiger partial charge in [0.25, 0.3) is 0 Å². The third kappa shape index (κ3) is 4.54. The van der Waals surface area contributed by atoms with Crippen LogP contribution in [0.1, 0.15) is 49.2 Å². The predicted octanol–water partition coefficient (Wildman–Crippen LogP) is 4.34. The van der Waals surface area contributed by atoms with Gasteiger partial charge >= 0.3 is 5.97 Å². The average molecular weight is 324 g/mol. The molecule has 2 aromatic rings. The number of benzene rings is 2. The van der Waals surface area contributed by atoms with E-state index < -0.39 is 11.6 Å². The molecule has 3 heteroatoms.